The molecular weight excluding hydrogens is 515 g/mol. The van der Waals surface area contributed by atoms with Crippen molar-refractivity contribution in [1.29, 1.82) is 0 Å². The van der Waals surface area contributed by atoms with Crippen LogP contribution in [0.3, 0.4) is 0 Å². The lowest BCUT2D eigenvalue weighted by Gasteiger charge is -2.14. The van der Waals surface area contributed by atoms with Crippen molar-refractivity contribution in [1.82, 2.24) is 9.66 Å². The number of rotatable bonds is 8. The number of nitrogens with zero attached hydrogens (tertiary/aromatic N) is 3. The lowest BCUT2D eigenvalue weighted by molar-refractivity contribution is -0.149. The fourth-order valence-electron chi connectivity index (χ4n) is 3.75. The van der Waals surface area contributed by atoms with E-state index in [0.717, 1.165) is 16.8 Å². The second kappa shape index (κ2) is 11.4. The minimum atomic E-state index is -4.59. The average molecular weight is 540 g/mol. The minimum Gasteiger partial charge on any atom is -0.493 e. The number of hydrogen-bond donors (Lipinski definition) is 0. The Balaban J connectivity index is 1.83. The third-order valence-electron chi connectivity index (χ3n) is 5.44. The van der Waals surface area contributed by atoms with E-state index in [2.05, 4.69) is 10.1 Å². The summed E-state index contributed by atoms with van der Waals surface area (Å²) in [5.41, 5.74) is -0.801. The molecule has 4 aromatic rings. The lowest BCUT2D eigenvalue weighted by Crippen LogP contribution is -2.21. The molecule has 0 spiro atoms. The molecule has 0 aliphatic heterocycles. The van der Waals surface area contributed by atoms with Gasteiger partial charge in [0.25, 0.3) is 5.56 Å². The van der Waals surface area contributed by atoms with E-state index in [1.54, 1.807) is 56.3 Å². The predicted molar refractivity (Wildman–Crippen MR) is 139 cm³/mol. The van der Waals surface area contributed by atoms with E-state index >= 15 is 0 Å². The van der Waals surface area contributed by atoms with Crippen LogP contribution in [0, 0.1) is 0 Å². The number of halogens is 3. The number of ether oxygens (including phenoxy) is 3. The lowest BCUT2D eigenvalue weighted by atomic mass is 10.1. The van der Waals surface area contributed by atoms with Gasteiger partial charge in [0.2, 0.25) is 0 Å². The number of hydrogen-bond acceptors (Lipinski definition) is 7. The van der Waals surface area contributed by atoms with E-state index in [4.69, 9.17) is 14.2 Å². The van der Waals surface area contributed by atoms with Crippen LogP contribution in [-0.4, -0.2) is 41.7 Å². The van der Waals surface area contributed by atoms with E-state index in [1.807, 2.05) is 0 Å². The molecule has 0 aliphatic carbocycles. The SMILES string of the molecule is COc1cccc(C=Nn2c(-c3cccc(C(F)(F)F)c3)nc3ccccc3c2=O)c1OCC(=O)OC(C)C. The van der Waals surface area contributed by atoms with Crippen LogP contribution in [-0.2, 0) is 15.7 Å². The number of carbonyl (C=O) groups is 1. The van der Waals surface area contributed by atoms with Crippen LogP contribution in [0.1, 0.15) is 25.0 Å². The van der Waals surface area contributed by atoms with Gasteiger partial charge in [0, 0.05) is 11.1 Å². The second-order valence-corrected chi connectivity index (χ2v) is 8.60. The van der Waals surface area contributed by atoms with Gasteiger partial charge in [0.15, 0.2) is 23.9 Å². The van der Waals surface area contributed by atoms with Crippen molar-refractivity contribution >= 4 is 23.1 Å². The van der Waals surface area contributed by atoms with Gasteiger partial charge >= 0.3 is 12.1 Å². The molecule has 8 nitrogen and oxygen atoms in total. The molecule has 3 aromatic carbocycles. The molecule has 11 heteroatoms. The van der Waals surface area contributed by atoms with Gasteiger partial charge in [0.05, 0.1) is 35.9 Å². The predicted octanol–water partition coefficient (Wildman–Crippen LogP) is 5.30. The molecule has 39 heavy (non-hydrogen) atoms. The molecular formula is C28H24F3N3O5. The zero-order valence-corrected chi connectivity index (χ0v) is 21.2. The van der Waals surface area contributed by atoms with E-state index < -0.39 is 29.9 Å². The fraction of sp³-hybridized carbons (Fsp3) is 0.214. The summed E-state index contributed by atoms with van der Waals surface area (Å²) in [4.78, 5) is 29.9. The largest absolute Gasteiger partial charge is 0.493 e. The second-order valence-electron chi connectivity index (χ2n) is 8.60. The summed E-state index contributed by atoms with van der Waals surface area (Å²) in [6, 6.07) is 15.8. The zero-order valence-electron chi connectivity index (χ0n) is 21.2. The van der Waals surface area contributed by atoms with Crippen molar-refractivity contribution in [2.45, 2.75) is 26.1 Å². The van der Waals surface area contributed by atoms with Crippen molar-refractivity contribution in [3.63, 3.8) is 0 Å². The maximum Gasteiger partial charge on any atom is 0.416 e. The summed E-state index contributed by atoms with van der Waals surface area (Å²) in [6.07, 6.45) is -3.65. The highest BCUT2D eigenvalue weighted by molar-refractivity contribution is 5.86. The van der Waals surface area contributed by atoms with Crippen LogP contribution in [0.2, 0.25) is 0 Å². The summed E-state index contributed by atoms with van der Waals surface area (Å²) in [7, 11) is 1.42. The van der Waals surface area contributed by atoms with E-state index in [9.17, 15) is 22.8 Å². The number of methoxy groups -OCH3 is 1. The van der Waals surface area contributed by atoms with Crippen LogP contribution < -0.4 is 15.0 Å². The van der Waals surface area contributed by atoms with Crippen molar-refractivity contribution in [3.8, 4) is 22.9 Å². The van der Waals surface area contributed by atoms with Crippen molar-refractivity contribution in [3.05, 3.63) is 88.2 Å². The van der Waals surface area contributed by atoms with E-state index in [-0.39, 0.29) is 28.6 Å². The van der Waals surface area contributed by atoms with Crippen LogP contribution in [0.4, 0.5) is 13.2 Å². The first-order chi connectivity index (χ1) is 18.6. The summed E-state index contributed by atoms with van der Waals surface area (Å²) >= 11 is 0. The Morgan fingerprint density at radius 3 is 2.54 bits per heavy atom. The number of para-hydroxylation sites is 2. The van der Waals surface area contributed by atoms with Crippen molar-refractivity contribution in [2.24, 2.45) is 5.10 Å². The molecule has 0 saturated carbocycles. The van der Waals surface area contributed by atoms with Gasteiger partial charge in [-0.1, -0.05) is 30.3 Å². The highest BCUT2D eigenvalue weighted by Crippen LogP contribution is 2.32. The topological polar surface area (TPSA) is 92.0 Å². The molecule has 1 heterocycles. The van der Waals surface area contributed by atoms with Crippen LogP contribution in [0.25, 0.3) is 22.3 Å². The third-order valence-corrected chi connectivity index (χ3v) is 5.44. The molecule has 0 N–H and O–H groups in total. The number of alkyl halides is 3. The molecule has 0 aliphatic rings. The summed E-state index contributed by atoms with van der Waals surface area (Å²) < 4.78 is 57.3. The Bertz CT molecular complexity index is 1600. The Kier molecular flexibility index (Phi) is 7.99. The van der Waals surface area contributed by atoms with Crippen molar-refractivity contribution in [2.75, 3.05) is 13.7 Å². The molecule has 0 unspecified atom stereocenters. The average Bonchev–Trinajstić information content (AvgIpc) is 2.90. The maximum absolute atomic E-state index is 13.4. The molecule has 0 bridgehead atoms. The summed E-state index contributed by atoms with van der Waals surface area (Å²) in [5.74, 6) is -0.238. The monoisotopic (exact) mass is 539 g/mol. The number of esters is 1. The molecule has 0 saturated heterocycles. The Morgan fingerprint density at radius 1 is 1.08 bits per heavy atom. The van der Waals surface area contributed by atoms with Crippen LogP contribution in [0.15, 0.2) is 76.6 Å². The number of aromatic nitrogens is 2. The normalized spacial score (nSPS) is 11.8. The van der Waals surface area contributed by atoms with Crippen LogP contribution in [0.5, 0.6) is 11.5 Å². The van der Waals surface area contributed by atoms with Gasteiger partial charge < -0.3 is 14.2 Å². The summed E-state index contributed by atoms with van der Waals surface area (Å²) in [6.45, 7) is 3.00. The molecule has 1 aromatic heterocycles. The first-order valence-corrected chi connectivity index (χ1v) is 11.8. The van der Waals surface area contributed by atoms with Gasteiger partial charge in [-0.15, -0.1) is 0 Å². The molecule has 0 amide bonds. The standard InChI is InChI=1S/C28H24F3N3O5/c1-17(2)39-24(35)16-38-25-19(9-7-13-23(25)37-3)15-32-34-26(18-8-6-10-20(14-18)28(29,30)31)33-22-12-5-4-11-21(22)27(34)36/h4-15,17H,16H2,1-3H3. The molecule has 202 valence electrons. The quantitative estimate of drug-likeness (QED) is 0.223. The molecule has 0 radical (unpaired) electrons. The molecule has 4 rings (SSSR count). The van der Waals surface area contributed by atoms with Gasteiger partial charge in [-0.2, -0.15) is 22.9 Å². The molecule has 0 fully saturated rings. The maximum atomic E-state index is 13.4. The zero-order chi connectivity index (χ0) is 28.2. The number of carbonyl (C=O) groups excluding carboxylic acids is 1. The molecule has 0 atom stereocenters. The van der Waals surface area contributed by atoms with Crippen molar-refractivity contribution < 1.29 is 32.2 Å². The van der Waals surface area contributed by atoms with E-state index in [0.29, 0.717) is 16.8 Å². The smallest absolute Gasteiger partial charge is 0.416 e. The Morgan fingerprint density at radius 2 is 1.82 bits per heavy atom. The Hall–Kier alpha value is -4.67. The highest BCUT2D eigenvalue weighted by atomic mass is 19.4. The van der Waals surface area contributed by atoms with E-state index in [1.165, 1.54) is 25.5 Å². The Labute approximate surface area is 221 Å². The number of benzene rings is 3. The number of fused-ring (bicyclic) bond motifs is 1. The van der Waals surface area contributed by atoms with Gasteiger partial charge in [0.1, 0.15) is 0 Å². The van der Waals surface area contributed by atoms with Gasteiger partial charge in [-0.05, 0) is 50.2 Å². The minimum absolute atomic E-state index is 0.0448. The first kappa shape index (κ1) is 27.4. The first-order valence-electron chi connectivity index (χ1n) is 11.8. The highest BCUT2D eigenvalue weighted by Gasteiger charge is 2.31. The van der Waals surface area contributed by atoms with Gasteiger partial charge in [-0.25, -0.2) is 9.78 Å². The fourth-order valence-corrected chi connectivity index (χ4v) is 3.75. The van der Waals surface area contributed by atoms with Gasteiger partial charge in [-0.3, -0.25) is 4.79 Å². The summed E-state index contributed by atoms with van der Waals surface area (Å²) in [5, 5.41) is 4.52. The van der Waals surface area contributed by atoms with Crippen LogP contribution >= 0.6 is 0 Å². The third kappa shape index (κ3) is 6.25.